The number of likely N-dealkylation sites (tertiary alicyclic amines) is 1. The standard InChI is InChI=1S/C27H32N4O4S/c1-3-28-27(33)31-16-14-20(15-17-31)18-29-36(34,35)25-13-12-24(22-10-6-7-11-23(22)25)30-26(32)21-9-5-4-8-19(21)2/h4-13,20,29H,3,14-18H2,1-2H3,(H,28,33)(H,30,32). The number of carbonyl (C=O) groups excluding carboxylic acids is 2. The Morgan fingerprint density at radius 3 is 2.31 bits per heavy atom. The maximum absolute atomic E-state index is 13.3. The van der Waals surface area contributed by atoms with Crippen LogP contribution in [0.25, 0.3) is 10.8 Å². The monoisotopic (exact) mass is 508 g/mol. The third-order valence-electron chi connectivity index (χ3n) is 6.60. The summed E-state index contributed by atoms with van der Waals surface area (Å²) in [6.07, 6.45) is 1.48. The molecule has 4 rings (SSSR count). The number of hydrogen-bond acceptors (Lipinski definition) is 4. The molecule has 3 aromatic carbocycles. The Labute approximate surface area is 212 Å². The minimum atomic E-state index is -3.78. The van der Waals surface area contributed by atoms with E-state index in [1.54, 1.807) is 35.2 Å². The molecule has 8 nitrogen and oxygen atoms in total. The molecule has 3 N–H and O–H groups in total. The molecule has 190 valence electrons. The quantitative estimate of drug-likeness (QED) is 0.446. The molecule has 0 bridgehead atoms. The van der Waals surface area contributed by atoms with E-state index < -0.39 is 10.0 Å². The fourth-order valence-electron chi connectivity index (χ4n) is 4.54. The molecule has 0 aliphatic carbocycles. The SMILES string of the molecule is CCNC(=O)N1CCC(CNS(=O)(=O)c2ccc(NC(=O)c3ccccc3C)c3ccccc23)CC1. The van der Waals surface area contributed by atoms with Crippen molar-refractivity contribution in [3.63, 3.8) is 0 Å². The molecule has 3 aromatic rings. The number of rotatable bonds is 7. The summed E-state index contributed by atoms with van der Waals surface area (Å²) in [6.45, 7) is 5.87. The molecule has 1 aliphatic heterocycles. The number of nitrogens with one attached hydrogen (secondary N) is 3. The lowest BCUT2D eigenvalue weighted by Crippen LogP contribution is -2.45. The first-order valence-electron chi connectivity index (χ1n) is 12.2. The minimum Gasteiger partial charge on any atom is -0.338 e. The fraction of sp³-hybridized carbons (Fsp3) is 0.333. The van der Waals surface area contributed by atoms with Crippen molar-refractivity contribution in [3.8, 4) is 0 Å². The smallest absolute Gasteiger partial charge is 0.317 e. The number of urea groups is 1. The van der Waals surface area contributed by atoms with Crippen LogP contribution in [0.4, 0.5) is 10.5 Å². The number of carbonyl (C=O) groups is 2. The van der Waals surface area contributed by atoms with Crippen LogP contribution in [0.1, 0.15) is 35.7 Å². The van der Waals surface area contributed by atoms with Crippen molar-refractivity contribution in [2.75, 3.05) is 31.5 Å². The van der Waals surface area contributed by atoms with Crippen molar-refractivity contribution in [2.24, 2.45) is 5.92 Å². The normalized spacial score (nSPS) is 14.6. The van der Waals surface area contributed by atoms with Crippen LogP contribution in [0.3, 0.4) is 0 Å². The van der Waals surface area contributed by atoms with E-state index in [-0.39, 0.29) is 22.8 Å². The van der Waals surface area contributed by atoms with Gasteiger partial charge in [0.1, 0.15) is 0 Å². The van der Waals surface area contributed by atoms with Gasteiger partial charge in [0.2, 0.25) is 10.0 Å². The lowest BCUT2D eigenvalue weighted by atomic mass is 9.97. The van der Waals surface area contributed by atoms with Gasteiger partial charge in [0.15, 0.2) is 0 Å². The summed E-state index contributed by atoms with van der Waals surface area (Å²) in [5, 5.41) is 6.93. The van der Waals surface area contributed by atoms with E-state index in [2.05, 4.69) is 15.4 Å². The van der Waals surface area contributed by atoms with Crippen LogP contribution >= 0.6 is 0 Å². The van der Waals surface area contributed by atoms with Crippen LogP contribution in [0, 0.1) is 12.8 Å². The van der Waals surface area contributed by atoms with Gasteiger partial charge in [0.25, 0.3) is 5.91 Å². The number of amides is 3. The van der Waals surface area contributed by atoms with Crippen molar-refractivity contribution < 1.29 is 18.0 Å². The highest BCUT2D eigenvalue weighted by atomic mass is 32.2. The lowest BCUT2D eigenvalue weighted by Gasteiger charge is -2.32. The summed E-state index contributed by atoms with van der Waals surface area (Å²) in [5.74, 6) is -0.0877. The summed E-state index contributed by atoms with van der Waals surface area (Å²) < 4.78 is 29.3. The van der Waals surface area contributed by atoms with Crippen molar-refractivity contribution in [1.82, 2.24) is 14.9 Å². The Morgan fingerprint density at radius 2 is 1.61 bits per heavy atom. The minimum absolute atomic E-state index is 0.0717. The maximum atomic E-state index is 13.3. The summed E-state index contributed by atoms with van der Waals surface area (Å²) in [6, 6.07) is 17.6. The van der Waals surface area contributed by atoms with E-state index >= 15 is 0 Å². The summed E-state index contributed by atoms with van der Waals surface area (Å²) in [7, 11) is -3.78. The highest BCUT2D eigenvalue weighted by molar-refractivity contribution is 7.89. The zero-order chi connectivity index (χ0) is 25.7. The third-order valence-corrected chi connectivity index (χ3v) is 8.08. The molecule has 0 atom stereocenters. The Morgan fingerprint density at radius 1 is 0.944 bits per heavy atom. The van der Waals surface area contributed by atoms with Gasteiger partial charge in [-0.15, -0.1) is 0 Å². The van der Waals surface area contributed by atoms with Crippen molar-refractivity contribution in [3.05, 3.63) is 71.8 Å². The van der Waals surface area contributed by atoms with Crippen LogP contribution in [-0.2, 0) is 10.0 Å². The van der Waals surface area contributed by atoms with Gasteiger partial charge >= 0.3 is 6.03 Å². The Balaban J connectivity index is 1.48. The maximum Gasteiger partial charge on any atom is 0.317 e. The van der Waals surface area contributed by atoms with Gasteiger partial charge < -0.3 is 15.5 Å². The molecule has 0 saturated carbocycles. The Hall–Kier alpha value is -3.43. The van der Waals surface area contributed by atoms with Gasteiger partial charge in [0, 0.05) is 48.2 Å². The van der Waals surface area contributed by atoms with Crippen LogP contribution in [-0.4, -0.2) is 51.4 Å². The second-order valence-electron chi connectivity index (χ2n) is 9.04. The third kappa shape index (κ3) is 5.68. The summed E-state index contributed by atoms with van der Waals surface area (Å²) in [5.41, 5.74) is 1.98. The number of benzene rings is 3. The van der Waals surface area contributed by atoms with Gasteiger partial charge in [-0.1, -0.05) is 42.5 Å². The van der Waals surface area contributed by atoms with E-state index in [0.29, 0.717) is 48.2 Å². The molecule has 3 amide bonds. The number of anilines is 1. The van der Waals surface area contributed by atoms with Gasteiger partial charge in [0.05, 0.1) is 4.90 Å². The molecule has 9 heteroatoms. The highest BCUT2D eigenvalue weighted by Gasteiger charge is 2.25. The first-order valence-corrected chi connectivity index (χ1v) is 13.7. The lowest BCUT2D eigenvalue weighted by molar-refractivity contribution is 0.102. The first kappa shape index (κ1) is 25.7. The first-order chi connectivity index (χ1) is 17.3. The zero-order valence-electron chi connectivity index (χ0n) is 20.6. The number of hydrogen-bond donors (Lipinski definition) is 3. The molecular formula is C27H32N4O4S. The number of piperidine rings is 1. The van der Waals surface area contributed by atoms with Crippen LogP contribution in [0.2, 0.25) is 0 Å². The molecule has 0 aromatic heterocycles. The Bertz CT molecular complexity index is 1370. The Kier molecular flexibility index (Phi) is 7.91. The van der Waals surface area contributed by atoms with Crippen molar-refractivity contribution >= 4 is 38.4 Å². The molecule has 0 unspecified atom stereocenters. The number of aryl methyl sites for hydroxylation is 1. The fourth-order valence-corrected chi connectivity index (χ4v) is 5.87. The second-order valence-corrected chi connectivity index (χ2v) is 10.8. The highest BCUT2D eigenvalue weighted by Crippen LogP contribution is 2.30. The molecule has 1 saturated heterocycles. The van der Waals surface area contributed by atoms with Crippen LogP contribution < -0.4 is 15.4 Å². The van der Waals surface area contributed by atoms with Gasteiger partial charge in [-0.3, -0.25) is 4.79 Å². The topological polar surface area (TPSA) is 108 Å². The van der Waals surface area contributed by atoms with Crippen molar-refractivity contribution in [1.29, 1.82) is 0 Å². The van der Waals surface area contributed by atoms with Crippen LogP contribution in [0.5, 0.6) is 0 Å². The average Bonchev–Trinajstić information content (AvgIpc) is 2.88. The van der Waals surface area contributed by atoms with Gasteiger partial charge in [-0.2, -0.15) is 0 Å². The predicted octanol–water partition coefficient (Wildman–Crippen LogP) is 4.12. The molecule has 1 fully saturated rings. The van der Waals surface area contributed by atoms with E-state index in [1.165, 1.54) is 6.07 Å². The number of nitrogens with zero attached hydrogens (tertiary/aromatic N) is 1. The van der Waals surface area contributed by atoms with E-state index in [1.807, 2.05) is 38.1 Å². The molecular weight excluding hydrogens is 476 g/mol. The van der Waals surface area contributed by atoms with Gasteiger partial charge in [-0.05, 0) is 56.4 Å². The van der Waals surface area contributed by atoms with E-state index in [0.717, 1.165) is 18.4 Å². The largest absolute Gasteiger partial charge is 0.338 e. The molecule has 1 heterocycles. The number of fused-ring (bicyclic) bond motifs is 1. The summed E-state index contributed by atoms with van der Waals surface area (Å²) in [4.78, 5) is 26.8. The molecule has 0 spiro atoms. The molecule has 36 heavy (non-hydrogen) atoms. The summed E-state index contributed by atoms with van der Waals surface area (Å²) >= 11 is 0. The predicted molar refractivity (Wildman–Crippen MR) is 142 cm³/mol. The zero-order valence-corrected chi connectivity index (χ0v) is 21.4. The van der Waals surface area contributed by atoms with Crippen LogP contribution in [0.15, 0.2) is 65.6 Å². The van der Waals surface area contributed by atoms with E-state index in [9.17, 15) is 18.0 Å². The van der Waals surface area contributed by atoms with E-state index in [4.69, 9.17) is 0 Å². The molecule has 0 radical (unpaired) electrons. The average molecular weight is 509 g/mol. The second kappa shape index (κ2) is 11.1. The van der Waals surface area contributed by atoms with Crippen molar-refractivity contribution in [2.45, 2.75) is 31.6 Å². The van der Waals surface area contributed by atoms with Gasteiger partial charge in [-0.25, -0.2) is 17.9 Å². The number of sulfonamides is 1. The molecule has 1 aliphatic rings.